The van der Waals surface area contributed by atoms with E-state index in [4.69, 9.17) is 11.1 Å². The molecule has 7 unspecified atom stereocenters. The number of nitrogens with two attached hydrogens (primary N) is 1. The van der Waals surface area contributed by atoms with Gasteiger partial charge in [-0.15, -0.1) is 0 Å². The van der Waals surface area contributed by atoms with E-state index < -0.39 is 47.8 Å². The van der Waals surface area contributed by atoms with Gasteiger partial charge in [0.1, 0.15) is 23.9 Å². The third-order valence-electron chi connectivity index (χ3n) is 7.87. The molecule has 0 bridgehead atoms. The van der Waals surface area contributed by atoms with Crippen molar-refractivity contribution in [2.45, 2.75) is 83.0 Å². The SMILES string of the molecule is Cc1cc(O)cc(C)c1CC(NC(=O)C(CCCNC(=N)NP)NP)C(=O)NC(CCCCNP)C(=O)NC(Cc1cc#ccc1)C(N)=O. The first-order valence-corrected chi connectivity index (χ1v) is 17.7. The first-order valence-electron chi connectivity index (χ1n) is 15.9. The zero-order valence-corrected chi connectivity index (χ0v) is 31.4. The number of carbonyl (C=O) groups excluding carboxylic acids is 4. The predicted octanol–water partition coefficient (Wildman–Crippen LogP) is 0.317. The quantitative estimate of drug-likeness (QED) is 0.0369. The number of nitrogens with one attached hydrogen (secondary N) is 8. The van der Waals surface area contributed by atoms with Crippen molar-refractivity contribution in [3.63, 3.8) is 0 Å². The van der Waals surface area contributed by atoms with Crippen LogP contribution in [0.15, 0.2) is 30.3 Å². The average molecular weight is 734 g/mol. The Balaban J connectivity index is 2.32. The molecule has 2 aromatic rings. The molecule has 0 aliphatic carbocycles. The Bertz CT molecular complexity index is 1380. The molecule has 0 radical (unpaired) electrons. The molecule has 0 fully saturated rings. The summed E-state index contributed by atoms with van der Waals surface area (Å²) in [5.74, 6) is -2.10. The van der Waals surface area contributed by atoms with Crippen LogP contribution >= 0.6 is 28.2 Å². The minimum Gasteiger partial charge on any atom is -0.508 e. The van der Waals surface area contributed by atoms with Crippen molar-refractivity contribution in [1.82, 2.24) is 36.5 Å². The number of guanidine groups is 1. The topological polar surface area (TPSA) is 223 Å². The molecule has 0 saturated heterocycles. The van der Waals surface area contributed by atoms with Gasteiger partial charge in [-0.2, -0.15) is 0 Å². The van der Waals surface area contributed by atoms with E-state index in [0.717, 1.165) is 22.3 Å². The molecule has 17 heteroatoms. The van der Waals surface area contributed by atoms with Crippen LogP contribution in [0.4, 0.5) is 0 Å². The van der Waals surface area contributed by atoms with Crippen LogP contribution in [-0.2, 0) is 32.0 Å². The number of phenols is 1. The second kappa shape index (κ2) is 22.2. The van der Waals surface area contributed by atoms with E-state index in [-0.39, 0.29) is 31.0 Å². The fraction of sp³-hybridized carbons (Fsp3) is 0.469. The number of amides is 4. The Morgan fingerprint density at radius 3 is 2.04 bits per heavy atom. The number of hydrogen-bond acceptors (Lipinski definition) is 8. The highest BCUT2D eigenvalue weighted by Crippen LogP contribution is 2.22. The number of rotatable bonds is 21. The molecule has 14 nitrogen and oxygen atoms in total. The third-order valence-corrected chi connectivity index (χ3v) is 8.85. The third kappa shape index (κ3) is 14.8. The van der Waals surface area contributed by atoms with Crippen molar-refractivity contribution in [1.29, 1.82) is 5.41 Å². The highest BCUT2D eigenvalue weighted by Gasteiger charge is 2.31. The molecular formula is C32H50N9O5P3. The molecule has 2 aromatic carbocycles. The van der Waals surface area contributed by atoms with Crippen LogP contribution in [-0.4, -0.2) is 72.0 Å². The number of benzene rings is 1. The number of aromatic hydroxyl groups is 1. The lowest BCUT2D eigenvalue weighted by atomic mass is 9.95. The molecular weight excluding hydrogens is 683 g/mol. The molecule has 0 heterocycles. The molecule has 0 aromatic heterocycles. The summed E-state index contributed by atoms with van der Waals surface area (Å²) in [6.45, 7) is 4.73. The highest BCUT2D eigenvalue weighted by atomic mass is 31.0. The summed E-state index contributed by atoms with van der Waals surface area (Å²) in [6.07, 6.45) is 2.74. The largest absolute Gasteiger partial charge is 0.508 e. The Hall–Kier alpha value is -3.58. The molecule has 7 atom stereocenters. The van der Waals surface area contributed by atoms with Crippen molar-refractivity contribution < 1.29 is 24.3 Å². The lowest BCUT2D eigenvalue weighted by molar-refractivity contribution is -0.133. The van der Waals surface area contributed by atoms with Gasteiger partial charge in [-0.05, 0) is 114 Å². The van der Waals surface area contributed by atoms with Gasteiger partial charge in [-0.1, -0.05) is 30.9 Å². The molecule has 268 valence electrons. The van der Waals surface area contributed by atoms with Crippen LogP contribution in [0.1, 0.15) is 54.4 Å². The molecule has 4 amide bonds. The van der Waals surface area contributed by atoms with Crippen molar-refractivity contribution in [2.75, 3.05) is 13.1 Å². The summed E-state index contributed by atoms with van der Waals surface area (Å²) < 4.78 is 0. The monoisotopic (exact) mass is 733 g/mol. The standard InChI is InChI=1S/C32H50N9O5P3/c1-19-15-22(42)16-20(2)23(19)18-27(39-30(45)25(40-48)12-8-13-35-32(34)41-49)31(46)37-24(11-6-7-14-36-47)29(44)38-26(28(33)43)17-21-9-4-3-5-10-21/h4,9-10,15-16,24-27,36,40,42H,6-8,11-14,17-18,47-49H2,1-2H3,(H2,33,43)(H,37,46)(H,38,44)(H,39,45)(H3,34,35,41). The lowest BCUT2D eigenvalue weighted by Gasteiger charge is -2.27. The predicted molar refractivity (Wildman–Crippen MR) is 200 cm³/mol. The lowest BCUT2D eigenvalue weighted by Crippen LogP contribution is -2.58. The van der Waals surface area contributed by atoms with Gasteiger partial charge in [0.15, 0.2) is 5.96 Å². The Kier molecular flexibility index (Phi) is 18.8. The van der Waals surface area contributed by atoms with Gasteiger partial charge in [-0.25, -0.2) is 0 Å². The van der Waals surface area contributed by atoms with Gasteiger partial charge in [0.2, 0.25) is 23.6 Å². The highest BCUT2D eigenvalue weighted by molar-refractivity contribution is 7.15. The Morgan fingerprint density at radius 2 is 1.45 bits per heavy atom. The summed E-state index contributed by atoms with van der Waals surface area (Å²) in [7, 11) is 6.98. The zero-order chi connectivity index (χ0) is 36.3. The average Bonchev–Trinajstić information content (AvgIpc) is 3.06. The van der Waals surface area contributed by atoms with E-state index in [1.54, 1.807) is 30.3 Å². The van der Waals surface area contributed by atoms with E-state index in [1.807, 2.05) is 13.8 Å². The van der Waals surface area contributed by atoms with Crippen LogP contribution in [0.25, 0.3) is 0 Å². The van der Waals surface area contributed by atoms with E-state index >= 15 is 0 Å². The van der Waals surface area contributed by atoms with E-state index in [0.29, 0.717) is 38.8 Å². The van der Waals surface area contributed by atoms with Gasteiger partial charge in [0.05, 0.1) is 6.04 Å². The molecule has 2 rings (SSSR count). The number of unbranched alkanes of at least 4 members (excludes halogenated alkanes) is 1. The van der Waals surface area contributed by atoms with Crippen LogP contribution < -0.4 is 42.3 Å². The van der Waals surface area contributed by atoms with Crippen molar-refractivity contribution >= 4 is 57.8 Å². The summed E-state index contributed by atoms with van der Waals surface area (Å²) in [5, 5.41) is 37.5. The molecule has 0 aliphatic heterocycles. The Labute approximate surface area is 295 Å². The molecule has 11 N–H and O–H groups in total. The second-order valence-corrected chi connectivity index (χ2v) is 12.7. The first kappa shape index (κ1) is 41.6. The summed E-state index contributed by atoms with van der Waals surface area (Å²) >= 11 is 0. The van der Waals surface area contributed by atoms with Crippen LogP contribution in [0.2, 0.25) is 0 Å². The van der Waals surface area contributed by atoms with E-state index in [9.17, 15) is 24.3 Å². The van der Waals surface area contributed by atoms with E-state index in [1.165, 1.54) is 0 Å². The molecule has 49 heavy (non-hydrogen) atoms. The maximum absolute atomic E-state index is 14.0. The molecule has 0 spiro atoms. The normalized spacial score (nSPS) is 13.2. The Morgan fingerprint density at radius 1 is 0.837 bits per heavy atom. The molecule has 0 aliphatic rings. The van der Waals surface area contributed by atoms with Gasteiger partial charge in [-0.3, -0.25) is 29.7 Å². The summed E-state index contributed by atoms with van der Waals surface area (Å²) in [5.41, 5.74) is 8.61. The molecule has 0 saturated carbocycles. The fourth-order valence-corrected chi connectivity index (χ4v) is 5.82. The number of phenolic OH excluding ortho intramolecular Hbond substituents is 1. The van der Waals surface area contributed by atoms with Gasteiger partial charge in [0, 0.05) is 19.4 Å². The summed E-state index contributed by atoms with van der Waals surface area (Å²) in [6, 6.07) is 9.99. The maximum atomic E-state index is 14.0. The number of hydrogen-bond donors (Lipinski definition) is 10. The number of primary amides is 1. The second-order valence-electron chi connectivity index (χ2n) is 11.7. The van der Waals surface area contributed by atoms with E-state index in [2.05, 4.69) is 76.8 Å². The summed E-state index contributed by atoms with van der Waals surface area (Å²) in [4.78, 5) is 53.5. The van der Waals surface area contributed by atoms with Gasteiger partial charge in [0.25, 0.3) is 0 Å². The number of carbonyl (C=O) groups is 4. The van der Waals surface area contributed by atoms with Crippen LogP contribution in [0.3, 0.4) is 0 Å². The van der Waals surface area contributed by atoms with Crippen molar-refractivity contribution in [2.24, 2.45) is 5.73 Å². The maximum Gasteiger partial charge on any atom is 0.243 e. The number of aryl methyl sites for hydroxylation is 2. The smallest absolute Gasteiger partial charge is 0.243 e. The van der Waals surface area contributed by atoms with Crippen molar-refractivity contribution in [3.05, 3.63) is 64.7 Å². The van der Waals surface area contributed by atoms with Gasteiger partial charge < -0.3 is 42.3 Å². The fourth-order valence-electron chi connectivity index (χ4n) is 5.19. The zero-order valence-electron chi connectivity index (χ0n) is 27.9. The first-order chi connectivity index (χ1) is 23.4. The minimum atomic E-state index is -1.09. The van der Waals surface area contributed by atoms with Gasteiger partial charge >= 0.3 is 0 Å². The minimum absolute atomic E-state index is 0.0850. The van der Waals surface area contributed by atoms with Crippen LogP contribution in [0.5, 0.6) is 5.75 Å². The van der Waals surface area contributed by atoms with Crippen molar-refractivity contribution in [3.8, 4) is 5.75 Å². The van der Waals surface area contributed by atoms with Crippen LogP contribution in [0, 0.1) is 31.4 Å².